The number of benzene rings is 1. The van der Waals surface area contributed by atoms with Crippen molar-refractivity contribution in [2.45, 2.75) is 46.3 Å². The molecule has 1 aromatic rings. The lowest BCUT2D eigenvalue weighted by molar-refractivity contribution is -0.145. The summed E-state index contributed by atoms with van der Waals surface area (Å²) in [5, 5.41) is 3.31. The van der Waals surface area contributed by atoms with E-state index in [0.29, 0.717) is 0 Å². The quantitative estimate of drug-likeness (QED) is 0.776. The fraction of sp³-hybridized carbons (Fsp3) is 0.562. The minimum atomic E-state index is -0.211. The Hall–Kier alpha value is -1.71. The first-order chi connectivity index (χ1) is 9.47. The van der Waals surface area contributed by atoms with Crippen molar-refractivity contribution in [2.24, 2.45) is 5.92 Å². The van der Waals surface area contributed by atoms with Crippen molar-refractivity contribution in [1.29, 1.82) is 0 Å². The topological polar surface area (TPSA) is 47.6 Å². The highest BCUT2D eigenvalue weighted by Gasteiger charge is 2.20. The van der Waals surface area contributed by atoms with Gasteiger partial charge in [-0.05, 0) is 39.3 Å². The Kier molecular flexibility index (Phi) is 6.36. The molecule has 4 heteroatoms. The standard InChI is InChI=1S/C16H25NO3/c1-6-11(2)20-15-9-7-8-14(10-15)17-13(4)12(3)16(18)19-5/h7-13,17H,6H2,1-5H3. The minimum absolute atomic E-state index is 0.0127. The second-order valence-corrected chi connectivity index (χ2v) is 5.11. The molecule has 1 aromatic carbocycles. The lowest BCUT2D eigenvalue weighted by atomic mass is 10.0. The number of carbonyl (C=O) groups excluding carboxylic acids is 1. The van der Waals surface area contributed by atoms with Gasteiger partial charge >= 0.3 is 5.97 Å². The van der Waals surface area contributed by atoms with Gasteiger partial charge in [-0.2, -0.15) is 0 Å². The molecule has 3 atom stereocenters. The molecule has 3 unspecified atom stereocenters. The van der Waals surface area contributed by atoms with Crippen LogP contribution in [0, 0.1) is 5.92 Å². The van der Waals surface area contributed by atoms with Gasteiger partial charge in [0.25, 0.3) is 0 Å². The molecule has 20 heavy (non-hydrogen) atoms. The van der Waals surface area contributed by atoms with E-state index < -0.39 is 0 Å². The zero-order valence-electron chi connectivity index (χ0n) is 13.0. The SMILES string of the molecule is CCC(C)Oc1cccc(NC(C)C(C)C(=O)OC)c1. The monoisotopic (exact) mass is 279 g/mol. The molecule has 112 valence electrons. The van der Waals surface area contributed by atoms with Gasteiger partial charge in [0.2, 0.25) is 0 Å². The van der Waals surface area contributed by atoms with Crippen LogP contribution in [0.4, 0.5) is 5.69 Å². The van der Waals surface area contributed by atoms with Gasteiger partial charge < -0.3 is 14.8 Å². The third-order valence-corrected chi connectivity index (χ3v) is 3.46. The van der Waals surface area contributed by atoms with Crippen LogP contribution in [0.1, 0.15) is 34.1 Å². The first kappa shape index (κ1) is 16.3. The maximum absolute atomic E-state index is 11.5. The predicted molar refractivity (Wildman–Crippen MR) is 81.1 cm³/mol. The van der Waals surface area contributed by atoms with Crippen LogP contribution in [-0.2, 0) is 9.53 Å². The summed E-state index contributed by atoms with van der Waals surface area (Å²) in [6, 6.07) is 7.78. The Morgan fingerprint density at radius 1 is 1.30 bits per heavy atom. The molecule has 1 N–H and O–H groups in total. The van der Waals surface area contributed by atoms with Crippen molar-refractivity contribution in [1.82, 2.24) is 0 Å². The smallest absolute Gasteiger partial charge is 0.310 e. The first-order valence-electron chi connectivity index (χ1n) is 7.09. The molecular weight excluding hydrogens is 254 g/mol. The van der Waals surface area contributed by atoms with Crippen LogP contribution in [0.3, 0.4) is 0 Å². The van der Waals surface area contributed by atoms with Crippen LogP contribution in [-0.4, -0.2) is 25.2 Å². The largest absolute Gasteiger partial charge is 0.491 e. The molecule has 0 heterocycles. The van der Waals surface area contributed by atoms with Crippen LogP contribution in [0.25, 0.3) is 0 Å². The summed E-state index contributed by atoms with van der Waals surface area (Å²) in [6.07, 6.45) is 1.16. The molecule has 0 aromatic heterocycles. The van der Waals surface area contributed by atoms with Crippen LogP contribution >= 0.6 is 0 Å². The summed E-state index contributed by atoms with van der Waals surface area (Å²) in [4.78, 5) is 11.5. The van der Waals surface area contributed by atoms with Crippen molar-refractivity contribution >= 4 is 11.7 Å². The second-order valence-electron chi connectivity index (χ2n) is 5.11. The van der Waals surface area contributed by atoms with Gasteiger partial charge in [0, 0.05) is 17.8 Å². The number of hydrogen-bond donors (Lipinski definition) is 1. The molecule has 0 saturated carbocycles. The Morgan fingerprint density at radius 2 is 2.00 bits per heavy atom. The molecular formula is C16H25NO3. The molecule has 0 aliphatic heterocycles. The molecule has 0 bridgehead atoms. The lowest BCUT2D eigenvalue weighted by Crippen LogP contribution is -2.30. The number of esters is 1. The molecule has 0 aliphatic rings. The number of hydrogen-bond acceptors (Lipinski definition) is 4. The lowest BCUT2D eigenvalue weighted by Gasteiger charge is -2.21. The van der Waals surface area contributed by atoms with E-state index in [9.17, 15) is 4.79 Å². The Morgan fingerprint density at radius 3 is 2.60 bits per heavy atom. The summed E-state index contributed by atoms with van der Waals surface area (Å²) in [5.74, 6) is 0.415. The Balaban J connectivity index is 2.68. The van der Waals surface area contributed by atoms with E-state index in [4.69, 9.17) is 9.47 Å². The van der Waals surface area contributed by atoms with Gasteiger partial charge in [-0.1, -0.05) is 13.0 Å². The molecule has 0 radical (unpaired) electrons. The molecule has 0 aliphatic carbocycles. The van der Waals surface area contributed by atoms with E-state index in [-0.39, 0.29) is 24.0 Å². The minimum Gasteiger partial charge on any atom is -0.491 e. The number of anilines is 1. The van der Waals surface area contributed by atoms with E-state index in [0.717, 1.165) is 17.9 Å². The number of methoxy groups -OCH3 is 1. The summed E-state index contributed by atoms with van der Waals surface area (Å²) in [7, 11) is 1.41. The van der Waals surface area contributed by atoms with Gasteiger partial charge in [0.1, 0.15) is 5.75 Å². The van der Waals surface area contributed by atoms with Gasteiger partial charge in [-0.3, -0.25) is 4.79 Å². The summed E-state index contributed by atoms with van der Waals surface area (Å²) < 4.78 is 10.5. The first-order valence-corrected chi connectivity index (χ1v) is 7.09. The summed E-state index contributed by atoms with van der Waals surface area (Å²) in [5.41, 5.74) is 0.939. The van der Waals surface area contributed by atoms with Crippen LogP contribution in [0.15, 0.2) is 24.3 Å². The van der Waals surface area contributed by atoms with Crippen molar-refractivity contribution in [3.05, 3.63) is 24.3 Å². The molecule has 0 saturated heterocycles. The second kappa shape index (κ2) is 7.78. The van der Waals surface area contributed by atoms with E-state index >= 15 is 0 Å². The van der Waals surface area contributed by atoms with Crippen LogP contribution in [0.5, 0.6) is 5.75 Å². The zero-order chi connectivity index (χ0) is 15.1. The average molecular weight is 279 g/mol. The van der Waals surface area contributed by atoms with Gasteiger partial charge in [-0.25, -0.2) is 0 Å². The van der Waals surface area contributed by atoms with Crippen molar-refractivity contribution in [2.75, 3.05) is 12.4 Å². The summed E-state index contributed by atoms with van der Waals surface area (Å²) >= 11 is 0. The average Bonchev–Trinajstić information content (AvgIpc) is 2.45. The zero-order valence-corrected chi connectivity index (χ0v) is 13.0. The molecule has 0 amide bonds. The van der Waals surface area contributed by atoms with Gasteiger partial charge in [0.05, 0.1) is 19.1 Å². The van der Waals surface area contributed by atoms with E-state index in [1.54, 1.807) is 0 Å². The van der Waals surface area contributed by atoms with Crippen LogP contribution < -0.4 is 10.1 Å². The van der Waals surface area contributed by atoms with Crippen molar-refractivity contribution < 1.29 is 14.3 Å². The highest BCUT2D eigenvalue weighted by Crippen LogP contribution is 2.21. The Bertz CT molecular complexity index is 433. The number of carbonyl (C=O) groups is 1. The van der Waals surface area contributed by atoms with E-state index in [2.05, 4.69) is 12.2 Å². The number of ether oxygens (including phenoxy) is 2. The molecule has 1 rings (SSSR count). The normalized spacial score (nSPS) is 15.1. The number of nitrogens with one attached hydrogen (secondary N) is 1. The van der Waals surface area contributed by atoms with Gasteiger partial charge in [0.15, 0.2) is 0 Å². The van der Waals surface area contributed by atoms with Gasteiger partial charge in [-0.15, -0.1) is 0 Å². The maximum atomic E-state index is 11.5. The Labute approximate surface area is 121 Å². The molecule has 0 fully saturated rings. The third-order valence-electron chi connectivity index (χ3n) is 3.46. The fourth-order valence-corrected chi connectivity index (χ4v) is 1.75. The fourth-order valence-electron chi connectivity index (χ4n) is 1.75. The van der Waals surface area contributed by atoms with Crippen molar-refractivity contribution in [3.63, 3.8) is 0 Å². The predicted octanol–water partition coefficient (Wildman–Crippen LogP) is 3.47. The third kappa shape index (κ3) is 4.76. The highest BCUT2D eigenvalue weighted by molar-refractivity contribution is 5.73. The van der Waals surface area contributed by atoms with E-state index in [1.165, 1.54) is 7.11 Å². The molecule has 4 nitrogen and oxygen atoms in total. The maximum Gasteiger partial charge on any atom is 0.310 e. The van der Waals surface area contributed by atoms with E-state index in [1.807, 2.05) is 45.0 Å². The van der Waals surface area contributed by atoms with Crippen LogP contribution in [0.2, 0.25) is 0 Å². The number of rotatable bonds is 7. The molecule has 0 spiro atoms. The summed E-state index contributed by atoms with van der Waals surface area (Å²) in [6.45, 7) is 7.95. The highest BCUT2D eigenvalue weighted by atomic mass is 16.5. The van der Waals surface area contributed by atoms with Crippen molar-refractivity contribution in [3.8, 4) is 5.75 Å².